The number of nitrogens with two attached hydrogens (primary N) is 1. The van der Waals surface area contributed by atoms with Crippen molar-refractivity contribution in [2.75, 3.05) is 19.7 Å². The molecule has 1 saturated heterocycles. The molecule has 0 saturated carbocycles. The van der Waals surface area contributed by atoms with E-state index in [1.807, 2.05) is 30.3 Å². The first kappa shape index (κ1) is 19.4. The lowest BCUT2D eigenvalue weighted by Gasteiger charge is -2.32. The summed E-state index contributed by atoms with van der Waals surface area (Å²) in [5, 5.41) is 5.80. The standard InChI is InChI=1S/C16H23N3O3.ClH/c17-9-5-4-8-14(20)18-10-13-16(19-15(21)11-22-13)12-6-2-1-3-7-12;/h1-3,6-7,13,16H,4-5,8-11,17H2,(H,18,20)(H,19,21);1H/t13-,16+;/m0./s1. The van der Waals surface area contributed by atoms with Gasteiger partial charge in [-0.05, 0) is 24.9 Å². The summed E-state index contributed by atoms with van der Waals surface area (Å²) in [6, 6.07) is 9.39. The maximum absolute atomic E-state index is 11.8. The number of nitrogens with one attached hydrogen (secondary N) is 2. The van der Waals surface area contributed by atoms with Gasteiger partial charge in [0.15, 0.2) is 0 Å². The van der Waals surface area contributed by atoms with E-state index < -0.39 is 0 Å². The third-order valence-corrected chi connectivity index (χ3v) is 3.63. The fourth-order valence-electron chi connectivity index (χ4n) is 2.45. The fraction of sp³-hybridized carbons (Fsp3) is 0.500. The molecule has 0 radical (unpaired) electrons. The van der Waals surface area contributed by atoms with E-state index in [-0.39, 0.29) is 43.0 Å². The van der Waals surface area contributed by atoms with Crippen molar-refractivity contribution in [3.8, 4) is 0 Å². The molecule has 1 aliphatic heterocycles. The number of carbonyl (C=O) groups excluding carboxylic acids is 2. The third kappa shape index (κ3) is 6.17. The molecule has 2 rings (SSSR count). The highest BCUT2D eigenvalue weighted by Gasteiger charge is 2.30. The molecule has 23 heavy (non-hydrogen) atoms. The molecule has 7 heteroatoms. The van der Waals surface area contributed by atoms with Crippen LogP contribution in [-0.2, 0) is 14.3 Å². The average molecular weight is 342 g/mol. The van der Waals surface area contributed by atoms with Crippen LogP contribution < -0.4 is 16.4 Å². The lowest BCUT2D eigenvalue weighted by molar-refractivity contribution is -0.137. The molecule has 6 nitrogen and oxygen atoms in total. The van der Waals surface area contributed by atoms with Crippen molar-refractivity contribution in [3.05, 3.63) is 35.9 Å². The van der Waals surface area contributed by atoms with Gasteiger partial charge in [-0.1, -0.05) is 30.3 Å². The van der Waals surface area contributed by atoms with Crippen LogP contribution in [0.1, 0.15) is 30.9 Å². The van der Waals surface area contributed by atoms with E-state index in [0.717, 1.165) is 18.4 Å². The number of benzene rings is 1. The summed E-state index contributed by atoms with van der Waals surface area (Å²) in [5.41, 5.74) is 6.38. The second-order valence-corrected chi connectivity index (χ2v) is 5.36. The van der Waals surface area contributed by atoms with Crippen molar-refractivity contribution < 1.29 is 14.3 Å². The summed E-state index contributed by atoms with van der Waals surface area (Å²) in [6.45, 7) is 0.999. The minimum atomic E-state index is -0.265. The number of rotatable bonds is 7. The summed E-state index contributed by atoms with van der Waals surface area (Å²) in [7, 11) is 0. The lowest BCUT2D eigenvalue weighted by Crippen LogP contribution is -2.50. The first-order chi connectivity index (χ1) is 10.7. The number of carbonyl (C=O) groups is 2. The van der Waals surface area contributed by atoms with Crippen LogP contribution in [0.15, 0.2) is 30.3 Å². The highest BCUT2D eigenvalue weighted by atomic mass is 35.5. The third-order valence-electron chi connectivity index (χ3n) is 3.63. The SMILES string of the molecule is Cl.NCCCCC(=O)NC[C@@H]1OCC(=O)N[C@@H]1c1ccccc1. The Bertz CT molecular complexity index is 499. The molecule has 1 heterocycles. The number of halogens is 1. The molecule has 4 N–H and O–H groups in total. The van der Waals surface area contributed by atoms with E-state index in [0.29, 0.717) is 19.5 Å². The molecule has 0 spiro atoms. The van der Waals surface area contributed by atoms with Gasteiger partial charge in [0.05, 0.1) is 12.1 Å². The highest BCUT2D eigenvalue weighted by molar-refractivity contribution is 5.85. The molecule has 2 atom stereocenters. The number of amides is 2. The minimum Gasteiger partial charge on any atom is -0.364 e. The molecule has 1 aromatic rings. The zero-order chi connectivity index (χ0) is 15.8. The smallest absolute Gasteiger partial charge is 0.246 e. The Morgan fingerprint density at radius 2 is 2.04 bits per heavy atom. The summed E-state index contributed by atoms with van der Waals surface area (Å²) in [5.74, 6) is -0.153. The van der Waals surface area contributed by atoms with Crippen LogP contribution in [0.2, 0.25) is 0 Å². The van der Waals surface area contributed by atoms with Crippen LogP contribution in [-0.4, -0.2) is 37.6 Å². The van der Waals surface area contributed by atoms with Crippen molar-refractivity contribution in [2.24, 2.45) is 5.73 Å². The van der Waals surface area contributed by atoms with Crippen LogP contribution in [0.5, 0.6) is 0 Å². The van der Waals surface area contributed by atoms with Crippen LogP contribution in [0.4, 0.5) is 0 Å². The van der Waals surface area contributed by atoms with Crippen LogP contribution in [0.25, 0.3) is 0 Å². The molecule has 128 valence electrons. The van der Waals surface area contributed by atoms with Crippen molar-refractivity contribution >= 4 is 24.2 Å². The molecule has 0 unspecified atom stereocenters. The number of morpholine rings is 1. The normalized spacial score (nSPS) is 20.3. The van der Waals surface area contributed by atoms with Crippen molar-refractivity contribution in [1.29, 1.82) is 0 Å². The van der Waals surface area contributed by atoms with Crippen molar-refractivity contribution in [1.82, 2.24) is 10.6 Å². The fourth-order valence-corrected chi connectivity index (χ4v) is 2.45. The van der Waals surface area contributed by atoms with Crippen molar-refractivity contribution in [3.63, 3.8) is 0 Å². The summed E-state index contributed by atoms with van der Waals surface area (Å²) in [6.07, 6.45) is 1.83. The van der Waals surface area contributed by atoms with Gasteiger partial charge in [-0.3, -0.25) is 9.59 Å². The van der Waals surface area contributed by atoms with Gasteiger partial charge in [0.25, 0.3) is 0 Å². The van der Waals surface area contributed by atoms with Crippen LogP contribution in [0, 0.1) is 0 Å². The van der Waals surface area contributed by atoms with E-state index in [1.54, 1.807) is 0 Å². The lowest BCUT2D eigenvalue weighted by atomic mass is 10.00. The van der Waals surface area contributed by atoms with Gasteiger partial charge in [-0.25, -0.2) is 0 Å². The summed E-state index contributed by atoms with van der Waals surface area (Å²) < 4.78 is 5.59. The van der Waals surface area contributed by atoms with Gasteiger partial charge < -0.3 is 21.1 Å². The van der Waals surface area contributed by atoms with Gasteiger partial charge in [0, 0.05) is 13.0 Å². The average Bonchev–Trinajstić information content (AvgIpc) is 2.55. The zero-order valence-electron chi connectivity index (χ0n) is 13.0. The number of ether oxygens (including phenoxy) is 1. The van der Waals surface area contributed by atoms with Crippen LogP contribution in [0.3, 0.4) is 0 Å². The van der Waals surface area contributed by atoms with Gasteiger partial charge >= 0.3 is 0 Å². The number of unbranched alkanes of at least 4 members (excludes halogenated alkanes) is 1. The maximum atomic E-state index is 11.8. The molecule has 2 amide bonds. The highest BCUT2D eigenvalue weighted by Crippen LogP contribution is 2.21. The van der Waals surface area contributed by atoms with E-state index >= 15 is 0 Å². The zero-order valence-corrected chi connectivity index (χ0v) is 13.8. The van der Waals surface area contributed by atoms with Gasteiger partial charge in [0.2, 0.25) is 11.8 Å². The topological polar surface area (TPSA) is 93.5 Å². The monoisotopic (exact) mass is 341 g/mol. The predicted molar refractivity (Wildman–Crippen MR) is 90.2 cm³/mol. The molecule has 1 fully saturated rings. The van der Waals surface area contributed by atoms with E-state index in [2.05, 4.69) is 10.6 Å². The molecule has 0 aliphatic carbocycles. The Kier molecular flexibility index (Phi) is 8.61. The minimum absolute atomic E-state index is 0. The van der Waals surface area contributed by atoms with Crippen molar-refractivity contribution in [2.45, 2.75) is 31.4 Å². The Balaban J connectivity index is 0.00000264. The molecular weight excluding hydrogens is 318 g/mol. The molecule has 0 bridgehead atoms. The predicted octanol–water partition coefficient (Wildman–Crippen LogP) is 0.910. The maximum Gasteiger partial charge on any atom is 0.246 e. The molecule has 0 aromatic heterocycles. The Labute approximate surface area is 142 Å². The summed E-state index contributed by atoms with van der Waals surface area (Å²) >= 11 is 0. The molecule has 1 aliphatic rings. The Morgan fingerprint density at radius 1 is 1.30 bits per heavy atom. The largest absolute Gasteiger partial charge is 0.364 e. The van der Waals surface area contributed by atoms with E-state index in [9.17, 15) is 9.59 Å². The number of hydrogen-bond acceptors (Lipinski definition) is 4. The van der Waals surface area contributed by atoms with Gasteiger partial charge in [-0.15, -0.1) is 12.4 Å². The molecule has 1 aromatic carbocycles. The first-order valence-electron chi connectivity index (χ1n) is 7.63. The van der Waals surface area contributed by atoms with E-state index in [4.69, 9.17) is 10.5 Å². The van der Waals surface area contributed by atoms with E-state index in [1.165, 1.54) is 0 Å². The first-order valence-corrected chi connectivity index (χ1v) is 7.63. The van der Waals surface area contributed by atoms with Gasteiger partial charge in [-0.2, -0.15) is 0 Å². The quantitative estimate of drug-likeness (QED) is 0.643. The molecular formula is C16H24ClN3O3. The number of hydrogen-bond donors (Lipinski definition) is 3. The van der Waals surface area contributed by atoms with Crippen LogP contribution >= 0.6 is 12.4 Å². The Morgan fingerprint density at radius 3 is 2.74 bits per heavy atom. The summed E-state index contributed by atoms with van der Waals surface area (Å²) in [4.78, 5) is 23.3. The Hall–Kier alpha value is -1.63. The van der Waals surface area contributed by atoms with Gasteiger partial charge in [0.1, 0.15) is 6.61 Å². The second-order valence-electron chi connectivity index (χ2n) is 5.36. The second kappa shape index (κ2) is 10.2.